The zero-order valence-corrected chi connectivity index (χ0v) is 11.6. The molecule has 2 atom stereocenters. The molecular weight excluding hydrogens is 298 g/mol. The third-order valence-electron chi connectivity index (χ3n) is 3.30. The first kappa shape index (κ1) is 17.2. The van der Waals surface area contributed by atoms with E-state index in [2.05, 4.69) is 4.98 Å². The molecule has 0 spiro atoms. The van der Waals surface area contributed by atoms with Crippen LogP contribution in [0.2, 0.25) is 0 Å². The van der Waals surface area contributed by atoms with Gasteiger partial charge in [0.25, 0.3) is 0 Å². The van der Waals surface area contributed by atoms with E-state index in [9.17, 15) is 19.2 Å². The highest BCUT2D eigenvalue weighted by atomic mass is 16.4. The molecule has 0 aliphatic carbocycles. The summed E-state index contributed by atoms with van der Waals surface area (Å²) in [7, 11) is 0. The molecule has 0 aliphatic heterocycles. The highest BCUT2D eigenvalue weighted by Gasteiger charge is 2.31. The van der Waals surface area contributed by atoms with E-state index in [-0.39, 0.29) is 16.8 Å². The van der Waals surface area contributed by atoms with E-state index in [1.807, 2.05) is 0 Å². The molecule has 9 nitrogen and oxygen atoms in total. The van der Waals surface area contributed by atoms with E-state index in [0.717, 1.165) is 0 Å². The van der Waals surface area contributed by atoms with Crippen molar-refractivity contribution in [2.75, 3.05) is 0 Å². The molecule has 2 unspecified atom stereocenters. The lowest BCUT2D eigenvalue weighted by molar-refractivity contribution is -0.145. The maximum absolute atomic E-state index is 11.2. The van der Waals surface area contributed by atoms with Gasteiger partial charge in [0.05, 0.1) is 18.8 Å². The number of carbonyl (C=O) groups is 4. The molecule has 1 aromatic rings. The molecule has 0 aromatic carbocycles. The van der Waals surface area contributed by atoms with E-state index < -0.39 is 48.6 Å². The molecule has 1 heterocycles. The Morgan fingerprint density at radius 1 is 0.955 bits per heavy atom. The van der Waals surface area contributed by atoms with Gasteiger partial charge in [-0.1, -0.05) is 0 Å². The third kappa shape index (κ3) is 3.84. The minimum Gasteiger partial charge on any atom is -0.481 e. The summed E-state index contributed by atoms with van der Waals surface area (Å²) in [6.45, 7) is 1.43. The Hall–Kier alpha value is -2.84. The van der Waals surface area contributed by atoms with Gasteiger partial charge in [0.1, 0.15) is 5.92 Å². The molecule has 0 saturated carbocycles. The summed E-state index contributed by atoms with van der Waals surface area (Å²) in [5.41, 5.74) is 0.422. The van der Waals surface area contributed by atoms with E-state index in [4.69, 9.17) is 20.4 Å². The Kier molecular flexibility index (Phi) is 5.28. The largest absolute Gasteiger partial charge is 0.481 e. The summed E-state index contributed by atoms with van der Waals surface area (Å²) < 4.78 is 0. The number of hydrogen-bond acceptors (Lipinski definition) is 4. The van der Waals surface area contributed by atoms with Gasteiger partial charge in [-0.2, -0.15) is 0 Å². The third-order valence-corrected chi connectivity index (χ3v) is 3.30. The Morgan fingerprint density at radius 2 is 1.41 bits per heavy atom. The number of aromatic nitrogens is 1. The SMILES string of the molecule is Cc1c(C(CC(=O)O)C(=O)O)c[nH]c1C(CC(=O)O)C(=O)O. The zero-order chi connectivity index (χ0) is 17.0. The topological polar surface area (TPSA) is 165 Å². The van der Waals surface area contributed by atoms with Crippen LogP contribution in [0.4, 0.5) is 0 Å². The molecule has 0 aliphatic rings. The Labute approximate surface area is 124 Å². The van der Waals surface area contributed by atoms with Crippen molar-refractivity contribution in [3.63, 3.8) is 0 Å². The minimum atomic E-state index is -1.37. The first-order chi connectivity index (χ1) is 10.1. The number of rotatable bonds is 8. The van der Waals surface area contributed by atoms with Crippen LogP contribution in [0, 0.1) is 6.92 Å². The van der Waals surface area contributed by atoms with Crippen LogP contribution in [0.5, 0.6) is 0 Å². The molecule has 9 heteroatoms. The van der Waals surface area contributed by atoms with Gasteiger partial charge in [0, 0.05) is 11.9 Å². The fraction of sp³-hybridized carbons (Fsp3) is 0.385. The van der Waals surface area contributed by atoms with Gasteiger partial charge in [-0.15, -0.1) is 0 Å². The highest BCUT2D eigenvalue weighted by Crippen LogP contribution is 2.31. The van der Waals surface area contributed by atoms with Crippen molar-refractivity contribution >= 4 is 23.9 Å². The van der Waals surface area contributed by atoms with Crippen LogP contribution >= 0.6 is 0 Å². The number of nitrogens with one attached hydrogen (secondary N) is 1. The lowest BCUT2D eigenvalue weighted by Gasteiger charge is -2.12. The van der Waals surface area contributed by atoms with Gasteiger partial charge < -0.3 is 25.4 Å². The quantitative estimate of drug-likeness (QED) is 0.465. The van der Waals surface area contributed by atoms with Crippen molar-refractivity contribution in [1.82, 2.24) is 4.98 Å². The smallest absolute Gasteiger partial charge is 0.313 e. The Bertz CT molecular complexity index is 566. The summed E-state index contributed by atoms with van der Waals surface area (Å²) in [6.07, 6.45) is -0.124. The average Bonchev–Trinajstić information content (AvgIpc) is 2.73. The van der Waals surface area contributed by atoms with Crippen LogP contribution in [0.15, 0.2) is 6.20 Å². The number of H-pyrrole nitrogens is 1. The van der Waals surface area contributed by atoms with Gasteiger partial charge in [0.2, 0.25) is 0 Å². The number of carboxylic acids is 4. The van der Waals surface area contributed by atoms with E-state index in [1.54, 1.807) is 0 Å². The van der Waals surface area contributed by atoms with Gasteiger partial charge in [-0.25, -0.2) is 0 Å². The summed E-state index contributed by atoms with van der Waals surface area (Å²) in [4.78, 5) is 46.4. The summed E-state index contributed by atoms with van der Waals surface area (Å²) >= 11 is 0. The lowest BCUT2D eigenvalue weighted by Crippen LogP contribution is -2.18. The summed E-state index contributed by atoms with van der Waals surface area (Å²) in [5, 5.41) is 35.7. The summed E-state index contributed by atoms with van der Waals surface area (Å²) in [6, 6.07) is 0. The molecule has 1 aromatic heterocycles. The van der Waals surface area contributed by atoms with Crippen molar-refractivity contribution in [3.05, 3.63) is 23.0 Å². The van der Waals surface area contributed by atoms with Crippen LogP contribution in [0.3, 0.4) is 0 Å². The Morgan fingerprint density at radius 3 is 1.82 bits per heavy atom. The van der Waals surface area contributed by atoms with Crippen molar-refractivity contribution in [1.29, 1.82) is 0 Å². The standard InChI is InChI=1S/C13H15NO8/c1-5-8(6(12(19)20)2-9(15)16)4-14-11(5)7(13(21)22)3-10(17)18/h4,6-7,14H,2-3H2,1H3,(H,15,16)(H,17,18)(H,19,20)(H,21,22). The van der Waals surface area contributed by atoms with Crippen molar-refractivity contribution in [2.45, 2.75) is 31.6 Å². The second-order valence-electron chi connectivity index (χ2n) is 4.76. The van der Waals surface area contributed by atoms with Crippen molar-refractivity contribution < 1.29 is 39.6 Å². The molecule has 5 N–H and O–H groups in total. The predicted molar refractivity (Wildman–Crippen MR) is 70.8 cm³/mol. The highest BCUT2D eigenvalue weighted by molar-refractivity contribution is 5.85. The average molecular weight is 313 g/mol. The zero-order valence-electron chi connectivity index (χ0n) is 11.6. The van der Waals surface area contributed by atoms with Crippen LogP contribution < -0.4 is 0 Å². The van der Waals surface area contributed by atoms with Crippen LogP contribution in [-0.4, -0.2) is 49.3 Å². The maximum Gasteiger partial charge on any atom is 0.313 e. The van der Waals surface area contributed by atoms with E-state index >= 15 is 0 Å². The molecule has 0 radical (unpaired) electrons. The van der Waals surface area contributed by atoms with Gasteiger partial charge in [-0.05, 0) is 18.1 Å². The molecule has 22 heavy (non-hydrogen) atoms. The number of hydrogen-bond donors (Lipinski definition) is 5. The van der Waals surface area contributed by atoms with Crippen LogP contribution in [-0.2, 0) is 19.2 Å². The molecule has 0 fully saturated rings. The lowest BCUT2D eigenvalue weighted by atomic mass is 9.91. The first-order valence-corrected chi connectivity index (χ1v) is 6.22. The predicted octanol–water partition coefficient (Wildman–Crippen LogP) is 0.609. The minimum absolute atomic E-state index is 0.0570. The number of carboxylic acid groups (broad SMARTS) is 4. The molecule has 0 bridgehead atoms. The molecule has 1 rings (SSSR count). The molecule has 0 amide bonds. The first-order valence-electron chi connectivity index (χ1n) is 6.22. The summed E-state index contributed by atoms with van der Waals surface area (Å²) in [5.74, 6) is -8.07. The van der Waals surface area contributed by atoms with Crippen molar-refractivity contribution in [3.8, 4) is 0 Å². The van der Waals surface area contributed by atoms with Crippen LogP contribution in [0.25, 0.3) is 0 Å². The number of aliphatic carboxylic acids is 4. The second kappa shape index (κ2) is 6.74. The normalized spacial score (nSPS) is 13.3. The monoisotopic (exact) mass is 313 g/mol. The van der Waals surface area contributed by atoms with E-state index in [0.29, 0.717) is 0 Å². The van der Waals surface area contributed by atoms with E-state index in [1.165, 1.54) is 13.1 Å². The molecule has 0 saturated heterocycles. The van der Waals surface area contributed by atoms with Crippen LogP contribution in [0.1, 0.15) is 41.5 Å². The molecular formula is C13H15NO8. The van der Waals surface area contributed by atoms with Gasteiger partial charge in [0.15, 0.2) is 0 Å². The fourth-order valence-electron chi connectivity index (χ4n) is 2.24. The maximum atomic E-state index is 11.2. The van der Waals surface area contributed by atoms with Gasteiger partial charge >= 0.3 is 23.9 Å². The fourth-order valence-corrected chi connectivity index (χ4v) is 2.24. The Balaban J connectivity index is 3.24. The molecule has 120 valence electrons. The number of aromatic amines is 1. The second-order valence-corrected chi connectivity index (χ2v) is 4.76. The van der Waals surface area contributed by atoms with Crippen molar-refractivity contribution in [2.24, 2.45) is 0 Å². The van der Waals surface area contributed by atoms with Gasteiger partial charge in [-0.3, -0.25) is 19.2 Å².